The molecule has 1 aliphatic heterocycles. The maximum atomic E-state index is 8.71. The normalized spacial score (nSPS) is 15.2. The molecule has 1 aromatic heterocycles. The summed E-state index contributed by atoms with van der Waals surface area (Å²) < 4.78 is 0. The minimum atomic E-state index is 0.237. The van der Waals surface area contributed by atoms with Gasteiger partial charge in [-0.3, -0.25) is 0 Å². The fraction of sp³-hybridized carbons (Fsp3) is 0.769. The molecule has 8 heteroatoms. The minimum absolute atomic E-state index is 0.237. The molecule has 1 fully saturated rings. The average Bonchev–Trinajstić information content (AvgIpc) is 2.51. The lowest BCUT2D eigenvalue weighted by Gasteiger charge is -2.26. The van der Waals surface area contributed by atoms with Crippen molar-refractivity contribution in [2.75, 3.05) is 48.0 Å². The van der Waals surface area contributed by atoms with Gasteiger partial charge in [0.25, 0.3) is 0 Å². The number of aliphatic hydroxyl groups excluding tert-OH is 1. The van der Waals surface area contributed by atoms with Crippen molar-refractivity contribution < 1.29 is 5.11 Å². The van der Waals surface area contributed by atoms with E-state index in [0.717, 1.165) is 37.6 Å². The van der Waals surface area contributed by atoms with E-state index in [1.54, 1.807) is 11.8 Å². The largest absolute Gasteiger partial charge is 0.396 e. The maximum Gasteiger partial charge on any atom is 0.231 e. The van der Waals surface area contributed by atoms with E-state index in [4.69, 9.17) is 16.7 Å². The van der Waals surface area contributed by atoms with Gasteiger partial charge in [0.1, 0.15) is 0 Å². The number of hydrogen-bond acceptors (Lipinski definition) is 7. The van der Waals surface area contributed by atoms with E-state index in [2.05, 4.69) is 25.2 Å². The lowest BCUT2D eigenvalue weighted by atomic mass is 10.1. The van der Waals surface area contributed by atoms with Gasteiger partial charge >= 0.3 is 0 Å². The van der Waals surface area contributed by atoms with Crippen molar-refractivity contribution in [1.29, 1.82) is 0 Å². The molecule has 0 aromatic carbocycles. The molecule has 0 unspecified atom stereocenters. The lowest BCUT2D eigenvalue weighted by Crippen LogP contribution is -2.31. The highest BCUT2D eigenvalue weighted by molar-refractivity contribution is 7.99. The van der Waals surface area contributed by atoms with Gasteiger partial charge in [0.2, 0.25) is 17.2 Å². The monoisotopic (exact) mass is 331 g/mol. The third kappa shape index (κ3) is 5.84. The smallest absolute Gasteiger partial charge is 0.231 e. The van der Waals surface area contributed by atoms with Crippen LogP contribution in [0.3, 0.4) is 0 Å². The van der Waals surface area contributed by atoms with E-state index in [1.165, 1.54) is 19.3 Å². The van der Waals surface area contributed by atoms with Gasteiger partial charge in [-0.2, -0.15) is 26.7 Å². The van der Waals surface area contributed by atoms with Crippen molar-refractivity contribution in [1.82, 2.24) is 15.0 Å². The van der Waals surface area contributed by atoms with Crippen LogP contribution in [0, 0.1) is 0 Å². The van der Waals surface area contributed by atoms with Crippen molar-refractivity contribution in [3.05, 3.63) is 5.28 Å². The topological polar surface area (TPSA) is 74.2 Å². The van der Waals surface area contributed by atoms with Crippen LogP contribution in [-0.4, -0.2) is 57.8 Å². The van der Waals surface area contributed by atoms with Crippen LogP contribution in [-0.2, 0) is 0 Å². The summed E-state index contributed by atoms with van der Waals surface area (Å²) in [4.78, 5) is 15.0. The van der Waals surface area contributed by atoms with Crippen molar-refractivity contribution >= 4 is 35.3 Å². The first kappa shape index (κ1) is 16.6. The molecule has 118 valence electrons. The highest BCUT2D eigenvalue weighted by atomic mass is 35.5. The Labute approximate surface area is 134 Å². The molecule has 2 heterocycles. The first-order valence-corrected chi connectivity index (χ1v) is 8.92. The van der Waals surface area contributed by atoms with Gasteiger partial charge in [-0.1, -0.05) is 0 Å². The van der Waals surface area contributed by atoms with Crippen LogP contribution in [0.15, 0.2) is 0 Å². The molecule has 6 nitrogen and oxygen atoms in total. The Kier molecular flexibility index (Phi) is 7.32. The third-order valence-electron chi connectivity index (χ3n) is 3.21. The quantitative estimate of drug-likeness (QED) is 0.706. The second kappa shape index (κ2) is 9.27. The molecule has 0 bridgehead atoms. The summed E-state index contributed by atoms with van der Waals surface area (Å²) in [6.07, 6.45) is 4.45. The Bertz CT molecular complexity index is 431. The number of thioether (sulfide) groups is 1. The van der Waals surface area contributed by atoms with Gasteiger partial charge in [0.15, 0.2) is 0 Å². The van der Waals surface area contributed by atoms with Crippen LogP contribution in [0.25, 0.3) is 0 Å². The molecule has 0 saturated carbocycles. The Morgan fingerprint density at radius 1 is 1.14 bits per heavy atom. The van der Waals surface area contributed by atoms with Crippen LogP contribution < -0.4 is 10.2 Å². The standard InChI is InChI=1S/C13H22ClN5OS/c14-11-16-12(15-5-10-21-9-4-8-20)18-13(17-11)19-6-2-1-3-7-19/h20H,1-10H2,(H,15,16,17,18). The molecule has 1 aliphatic rings. The fourth-order valence-corrected chi connectivity index (χ4v) is 3.10. The van der Waals surface area contributed by atoms with Crippen molar-refractivity contribution in [2.24, 2.45) is 0 Å². The summed E-state index contributed by atoms with van der Waals surface area (Å²) in [5.41, 5.74) is 0. The van der Waals surface area contributed by atoms with Gasteiger partial charge in [0, 0.05) is 32.0 Å². The molecule has 1 saturated heterocycles. The van der Waals surface area contributed by atoms with Gasteiger partial charge in [-0.15, -0.1) is 0 Å². The minimum Gasteiger partial charge on any atom is -0.396 e. The van der Waals surface area contributed by atoms with Gasteiger partial charge in [0.05, 0.1) is 0 Å². The number of anilines is 2. The molecule has 0 radical (unpaired) electrons. The number of piperidine rings is 1. The fourth-order valence-electron chi connectivity index (χ4n) is 2.16. The molecular formula is C13H22ClN5OS. The first-order chi connectivity index (χ1) is 10.3. The Balaban J connectivity index is 1.83. The van der Waals surface area contributed by atoms with Gasteiger partial charge < -0.3 is 15.3 Å². The number of nitrogens with one attached hydrogen (secondary N) is 1. The van der Waals surface area contributed by atoms with Crippen LogP contribution in [0.5, 0.6) is 0 Å². The molecule has 2 rings (SSSR count). The molecule has 0 atom stereocenters. The summed E-state index contributed by atoms with van der Waals surface area (Å²) >= 11 is 7.79. The average molecular weight is 332 g/mol. The van der Waals surface area contributed by atoms with E-state index in [0.29, 0.717) is 11.9 Å². The number of halogens is 1. The predicted molar refractivity (Wildman–Crippen MR) is 88.4 cm³/mol. The summed E-state index contributed by atoms with van der Waals surface area (Å²) in [5, 5.41) is 12.1. The second-order valence-electron chi connectivity index (χ2n) is 4.89. The van der Waals surface area contributed by atoms with E-state index in [1.807, 2.05) is 0 Å². The Morgan fingerprint density at radius 2 is 1.95 bits per heavy atom. The predicted octanol–water partition coefficient (Wildman–Crippen LogP) is 2.04. The van der Waals surface area contributed by atoms with Crippen LogP contribution >= 0.6 is 23.4 Å². The SMILES string of the molecule is OCCCSCCNc1nc(Cl)nc(N2CCCCC2)n1. The highest BCUT2D eigenvalue weighted by Gasteiger charge is 2.15. The van der Waals surface area contributed by atoms with Crippen molar-refractivity contribution in [2.45, 2.75) is 25.7 Å². The van der Waals surface area contributed by atoms with Crippen LogP contribution in [0.2, 0.25) is 5.28 Å². The lowest BCUT2D eigenvalue weighted by molar-refractivity contribution is 0.296. The third-order valence-corrected chi connectivity index (χ3v) is 4.45. The molecular weight excluding hydrogens is 310 g/mol. The molecule has 1 aromatic rings. The summed E-state index contributed by atoms with van der Waals surface area (Å²) in [6.45, 7) is 2.99. The number of aromatic nitrogens is 3. The summed E-state index contributed by atoms with van der Waals surface area (Å²) in [5.74, 6) is 3.13. The highest BCUT2D eigenvalue weighted by Crippen LogP contribution is 2.18. The first-order valence-electron chi connectivity index (χ1n) is 7.38. The zero-order chi connectivity index (χ0) is 14.9. The van der Waals surface area contributed by atoms with Gasteiger partial charge in [-0.25, -0.2) is 0 Å². The molecule has 0 amide bonds. The molecule has 21 heavy (non-hydrogen) atoms. The van der Waals surface area contributed by atoms with Crippen molar-refractivity contribution in [3.8, 4) is 0 Å². The Hall–Kier alpha value is -0.790. The zero-order valence-corrected chi connectivity index (χ0v) is 13.7. The molecule has 0 aliphatic carbocycles. The van der Waals surface area contributed by atoms with Crippen LogP contribution in [0.1, 0.15) is 25.7 Å². The number of rotatable bonds is 8. The summed E-state index contributed by atoms with van der Waals surface area (Å²) in [7, 11) is 0. The van der Waals surface area contributed by atoms with E-state index in [-0.39, 0.29) is 11.9 Å². The Morgan fingerprint density at radius 3 is 2.71 bits per heavy atom. The maximum absolute atomic E-state index is 8.71. The van der Waals surface area contributed by atoms with Crippen LogP contribution in [0.4, 0.5) is 11.9 Å². The summed E-state index contributed by atoms with van der Waals surface area (Å²) in [6, 6.07) is 0. The molecule has 0 spiro atoms. The van der Waals surface area contributed by atoms with E-state index >= 15 is 0 Å². The van der Waals surface area contributed by atoms with E-state index in [9.17, 15) is 0 Å². The number of nitrogens with zero attached hydrogens (tertiary/aromatic N) is 4. The van der Waals surface area contributed by atoms with E-state index < -0.39 is 0 Å². The number of aliphatic hydroxyl groups is 1. The zero-order valence-electron chi connectivity index (χ0n) is 12.1. The second-order valence-corrected chi connectivity index (χ2v) is 6.45. The van der Waals surface area contributed by atoms with Gasteiger partial charge in [-0.05, 0) is 43.0 Å². The molecule has 2 N–H and O–H groups in total. The number of hydrogen-bond donors (Lipinski definition) is 2. The van der Waals surface area contributed by atoms with Crippen molar-refractivity contribution in [3.63, 3.8) is 0 Å².